The van der Waals surface area contributed by atoms with Gasteiger partial charge in [0.1, 0.15) is 11.0 Å². The second-order valence-electron chi connectivity index (χ2n) is 8.89. The Kier molecular flexibility index (Phi) is 6.73. The summed E-state index contributed by atoms with van der Waals surface area (Å²) in [5.41, 5.74) is 6.03. The molecule has 0 radical (unpaired) electrons. The Morgan fingerprint density at radius 3 is 2.39 bits per heavy atom. The number of thiocarbonyl (C=S) groups is 1. The van der Waals surface area contributed by atoms with Gasteiger partial charge in [0, 0.05) is 11.3 Å². The monoisotopic (exact) mass is 493 g/mol. The number of rotatable bonds is 6. The highest BCUT2D eigenvalue weighted by molar-refractivity contribution is 7.80. The molecule has 180 valence electrons. The summed E-state index contributed by atoms with van der Waals surface area (Å²) in [7, 11) is 0. The van der Waals surface area contributed by atoms with Crippen LogP contribution in [0.25, 0.3) is 27.5 Å². The molecule has 5 rings (SSSR count). The third kappa shape index (κ3) is 5.11. The van der Waals surface area contributed by atoms with Crippen molar-refractivity contribution in [2.45, 2.75) is 33.1 Å². The lowest BCUT2D eigenvalue weighted by molar-refractivity contribution is 0.0978. The molecule has 36 heavy (non-hydrogen) atoms. The predicted molar refractivity (Wildman–Crippen MR) is 150 cm³/mol. The van der Waals surface area contributed by atoms with Gasteiger partial charge in [-0.25, -0.2) is 0 Å². The Labute approximate surface area is 215 Å². The van der Waals surface area contributed by atoms with Gasteiger partial charge in [-0.05, 0) is 90.3 Å². The number of carbonyl (C=O) groups excluding carboxylic acids is 1. The first-order chi connectivity index (χ1) is 17.5. The molecule has 1 aromatic heterocycles. The van der Waals surface area contributed by atoms with Gasteiger partial charge in [0.05, 0.1) is 5.69 Å². The van der Waals surface area contributed by atoms with Crippen LogP contribution < -0.4 is 10.6 Å². The number of nitrogens with one attached hydrogen (secondary N) is 2. The second kappa shape index (κ2) is 10.3. The third-order valence-electron chi connectivity index (χ3n) is 6.20. The zero-order chi connectivity index (χ0) is 25.1. The van der Waals surface area contributed by atoms with Crippen LogP contribution >= 0.6 is 12.2 Å². The van der Waals surface area contributed by atoms with Gasteiger partial charge in [0.2, 0.25) is 0 Å². The van der Waals surface area contributed by atoms with E-state index in [4.69, 9.17) is 12.2 Å². The molecule has 7 heteroatoms. The lowest BCUT2D eigenvalue weighted by Crippen LogP contribution is -2.34. The topological polar surface area (TPSA) is 71.8 Å². The van der Waals surface area contributed by atoms with Crippen molar-refractivity contribution in [1.82, 2.24) is 20.3 Å². The van der Waals surface area contributed by atoms with E-state index >= 15 is 0 Å². The average molecular weight is 494 g/mol. The van der Waals surface area contributed by atoms with Crippen LogP contribution in [0, 0.1) is 6.92 Å². The largest absolute Gasteiger partial charge is 0.332 e. The molecule has 0 aliphatic rings. The molecular weight excluding hydrogens is 466 g/mol. The number of hydrogen-bond donors (Lipinski definition) is 2. The third-order valence-corrected chi connectivity index (χ3v) is 6.40. The van der Waals surface area contributed by atoms with Crippen LogP contribution in [0.5, 0.6) is 0 Å². The number of aryl methyl sites for hydroxylation is 2. The van der Waals surface area contributed by atoms with Crippen molar-refractivity contribution in [1.29, 1.82) is 0 Å². The van der Waals surface area contributed by atoms with E-state index in [-0.39, 0.29) is 11.0 Å². The van der Waals surface area contributed by atoms with Gasteiger partial charge in [0.25, 0.3) is 5.91 Å². The molecule has 0 aliphatic carbocycles. The van der Waals surface area contributed by atoms with Crippen LogP contribution in [0.2, 0.25) is 0 Å². The molecule has 0 saturated heterocycles. The smallest absolute Gasteiger partial charge is 0.257 e. The summed E-state index contributed by atoms with van der Waals surface area (Å²) in [5.74, 6) is -0.259. The van der Waals surface area contributed by atoms with E-state index in [1.165, 1.54) is 18.4 Å². The first kappa shape index (κ1) is 23.6. The number of fused-ring (bicyclic) bond motifs is 2. The van der Waals surface area contributed by atoms with Gasteiger partial charge in [-0.3, -0.25) is 10.1 Å². The van der Waals surface area contributed by atoms with Gasteiger partial charge < -0.3 is 5.32 Å². The van der Waals surface area contributed by atoms with Crippen molar-refractivity contribution >= 4 is 50.7 Å². The van der Waals surface area contributed by atoms with Crippen molar-refractivity contribution in [3.63, 3.8) is 0 Å². The molecule has 2 N–H and O–H groups in total. The fraction of sp³-hybridized carbons (Fsp3) is 0.172. The summed E-state index contributed by atoms with van der Waals surface area (Å²) in [6, 6.07) is 25.7. The van der Waals surface area contributed by atoms with E-state index in [9.17, 15) is 4.79 Å². The van der Waals surface area contributed by atoms with Gasteiger partial charge in [-0.15, -0.1) is 10.2 Å². The van der Waals surface area contributed by atoms with Gasteiger partial charge >= 0.3 is 0 Å². The number of anilines is 1. The van der Waals surface area contributed by atoms with Crippen molar-refractivity contribution in [2.75, 3.05) is 5.32 Å². The molecule has 1 amide bonds. The van der Waals surface area contributed by atoms with E-state index in [0.29, 0.717) is 5.56 Å². The quantitative estimate of drug-likeness (QED) is 0.270. The van der Waals surface area contributed by atoms with Crippen LogP contribution in [0.1, 0.15) is 41.3 Å². The fourth-order valence-electron chi connectivity index (χ4n) is 4.15. The maximum Gasteiger partial charge on any atom is 0.257 e. The zero-order valence-corrected chi connectivity index (χ0v) is 21.1. The molecule has 0 fully saturated rings. The number of benzene rings is 4. The molecule has 0 aliphatic heterocycles. The lowest BCUT2D eigenvalue weighted by Gasteiger charge is -2.12. The van der Waals surface area contributed by atoms with Crippen LogP contribution in [0.3, 0.4) is 0 Å². The summed E-state index contributed by atoms with van der Waals surface area (Å²) >= 11 is 5.43. The Morgan fingerprint density at radius 1 is 0.917 bits per heavy atom. The number of unbranched alkanes of at least 4 members (excludes halogenated alkanes) is 1. The molecule has 0 atom stereocenters. The molecule has 0 saturated carbocycles. The van der Waals surface area contributed by atoms with Crippen molar-refractivity contribution < 1.29 is 4.79 Å². The fourth-order valence-corrected chi connectivity index (χ4v) is 4.36. The van der Waals surface area contributed by atoms with E-state index in [1.807, 2.05) is 67.6 Å². The minimum Gasteiger partial charge on any atom is -0.332 e. The molecule has 5 aromatic rings. The van der Waals surface area contributed by atoms with Gasteiger partial charge in [-0.1, -0.05) is 55.8 Å². The summed E-state index contributed by atoms with van der Waals surface area (Å²) in [5, 5.41) is 17.5. The van der Waals surface area contributed by atoms with E-state index in [1.54, 1.807) is 10.9 Å². The molecule has 6 nitrogen and oxygen atoms in total. The highest BCUT2D eigenvalue weighted by atomic mass is 32.1. The Bertz CT molecular complexity index is 1570. The van der Waals surface area contributed by atoms with E-state index in [0.717, 1.165) is 45.2 Å². The summed E-state index contributed by atoms with van der Waals surface area (Å²) in [6.07, 6.45) is 3.44. The SMILES string of the molecule is CCCCc1ccc(-n2nc3cc(C)c(NC(=S)NC(=O)c4ccc5ccccc5c4)cc3n2)cc1. The molecule has 1 heterocycles. The maximum atomic E-state index is 12.8. The standard InChI is InChI=1S/C29H27N5OS/c1-3-4-7-20-10-14-24(15-11-20)34-32-26-16-19(2)25(18-27(26)33-34)30-29(36)31-28(35)23-13-12-21-8-5-6-9-22(21)17-23/h5-6,8-18H,3-4,7H2,1-2H3,(H2,30,31,35,36). The number of amides is 1. The minimum atomic E-state index is -0.259. The Morgan fingerprint density at radius 2 is 1.64 bits per heavy atom. The zero-order valence-electron chi connectivity index (χ0n) is 20.3. The first-order valence-electron chi connectivity index (χ1n) is 12.1. The highest BCUT2D eigenvalue weighted by Crippen LogP contribution is 2.23. The average Bonchev–Trinajstić information content (AvgIpc) is 3.30. The molecular formula is C29H27N5OS. The lowest BCUT2D eigenvalue weighted by atomic mass is 10.1. The van der Waals surface area contributed by atoms with Crippen molar-refractivity contribution in [3.05, 3.63) is 95.6 Å². The highest BCUT2D eigenvalue weighted by Gasteiger charge is 2.12. The summed E-state index contributed by atoms with van der Waals surface area (Å²) in [6.45, 7) is 4.17. The number of aromatic nitrogens is 3. The Hall–Kier alpha value is -4.10. The maximum absolute atomic E-state index is 12.8. The summed E-state index contributed by atoms with van der Waals surface area (Å²) < 4.78 is 0. The van der Waals surface area contributed by atoms with Crippen LogP contribution in [-0.2, 0) is 6.42 Å². The Balaban J connectivity index is 1.30. The molecule has 0 unspecified atom stereocenters. The number of nitrogens with zero attached hydrogens (tertiary/aromatic N) is 3. The van der Waals surface area contributed by atoms with Crippen LogP contribution in [0.15, 0.2) is 78.9 Å². The number of hydrogen-bond acceptors (Lipinski definition) is 4. The summed E-state index contributed by atoms with van der Waals surface area (Å²) in [4.78, 5) is 14.4. The molecule has 0 bridgehead atoms. The van der Waals surface area contributed by atoms with E-state index < -0.39 is 0 Å². The minimum absolute atomic E-state index is 0.227. The van der Waals surface area contributed by atoms with Gasteiger partial charge in [-0.2, -0.15) is 4.80 Å². The normalized spacial score (nSPS) is 11.1. The first-order valence-corrected chi connectivity index (χ1v) is 12.5. The molecule has 0 spiro atoms. The van der Waals surface area contributed by atoms with Crippen molar-refractivity contribution in [3.8, 4) is 5.69 Å². The van der Waals surface area contributed by atoms with Crippen LogP contribution in [0.4, 0.5) is 5.69 Å². The van der Waals surface area contributed by atoms with Crippen LogP contribution in [-0.4, -0.2) is 26.0 Å². The van der Waals surface area contributed by atoms with Crippen molar-refractivity contribution in [2.24, 2.45) is 0 Å². The van der Waals surface area contributed by atoms with Gasteiger partial charge in [0.15, 0.2) is 5.11 Å². The number of carbonyl (C=O) groups is 1. The predicted octanol–water partition coefficient (Wildman–Crippen LogP) is 6.35. The van der Waals surface area contributed by atoms with E-state index in [2.05, 4.69) is 39.9 Å². The molecule has 4 aromatic carbocycles. The second-order valence-corrected chi connectivity index (χ2v) is 9.29.